The predicted molar refractivity (Wildman–Crippen MR) is 103 cm³/mol. The molecule has 4 nitrogen and oxygen atoms in total. The van der Waals surface area contributed by atoms with E-state index in [1.54, 1.807) is 0 Å². The van der Waals surface area contributed by atoms with Crippen LogP contribution in [0.1, 0.15) is 40.7 Å². The molecule has 1 N–H and O–H groups in total. The summed E-state index contributed by atoms with van der Waals surface area (Å²) in [6, 6.07) is 17.9. The summed E-state index contributed by atoms with van der Waals surface area (Å²) in [6.45, 7) is 3.35. The Morgan fingerprint density at radius 3 is 2.35 bits per heavy atom. The summed E-state index contributed by atoms with van der Waals surface area (Å²) in [6.07, 6.45) is 2.90. The minimum Gasteiger partial charge on any atom is -0.353 e. The van der Waals surface area contributed by atoms with Gasteiger partial charge in [0.05, 0.1) is 0 Å². The van der Waals surface area contributed by atoms with E-state index in [-0.39, 0.29) is 17.9 Å². The molecule has 26 heavy (non-hydrogen) atoms. The number of hydrogen-bond acceptors (Lipinski definition) is 2. The number of carbonyl (C=O) groups is 2. The molecule has 0 aliphatic carbocycles. The van der Waals surface area contributed by atoms with Gasteiger partial charge >= 0.3 is 0 Å². The average molecular weight is 350 g/mol. The zero-order valence-corrected chi connectivity index (χ0v) is 15.3. The first-order chi connectivity index (χ1) is 12.6. The van der Waals surface area contributed by atoms with Crippen LogP contribution in [0.5, 0.6) is 0 Å². The van der Waals surface area contributed by atoms with Crippen LogP contribution in [0.25, 0.3) is 0 Å². The highest BCUT2D eigenvalue weighted by Gasteiger charge is 2.25. The highest BCUT2D eigenvalue weighted by molar-refractivity contribution is 5.95. The van der Waals surface area contributed by atoms with Crippen LogP contribution >= 0.6 is 0 Å². The second-order valence-electron chi connectivity index (χ2n) is 6.93. The van der Waals surface area contributed by atoms with E-state index in [1.807, 2.05) is 66.4 Å². The first kappa shape index (κ1) is 18.2. The monoisotopic (exact) mass is 350 g/mol. The van der Waals surface area contributed by atoms with Crippen molar-refractivity contribution in [2.75, 3.05) is 13.1 Å². The van der Waals surface area contributed by atoms with Gasteiger partial charge in [0.15, 0.2) is 0 Å². The Labute approximate surface area is 155 Å². The lowest BCUT2D eigenvalue weighted by molar-refractivity contribution is -0.122. The smallest absolute Gasteiger partial charge is 0.254 e. The van der Waals surface area contributed by atoms with Crippen molar-refractivity contribution in [2.45, 2.75) is 38.6 Å². The first-order valence-electron chi connectivity index (χ1n) is 9.31. The third kappa shape index (κ3) is 4.72. The number of aryl methyl sites for hydroxylation is 2. The van der Waals surface area contributed by atoms with Gasteiger partial charge in [-0.05, 0) is 43.4 Å². The van der Waals surface area contributed by atoms with Gasteiger partial charge in [0.1, 0.15) is 0 Å². The lowest BCUT2D eigenvalue weighted by Crippen LogP contribution is -2.46. The second kappa shape index (κ2) is 8.65. The van der Waals surface area contributed by atoms with Gasteiger partial charge in [0, 0.05) is 31.1 Å². The maximum Gasteiger partial charge on any atom is 0.254 e. The molecule has 0 aromatic heterocycles. The second-order valence-corrected chi connectivity index (χ2v) is 6.93. The predicted octanol–water partition coefficient (Wildman–Crippen LogP) is 3.35. The minimum atomic E-state index is 0.0944. The Bertz CT molecular complexity index is 750. The van der Waals surface area contributed by atoms with E-state index in [2.05, 4.69) is 5.32 Å². The average Bonchev–Trinajstić information content (AvgIpc) is 2.68. The summed E-state index contributed by atoms with van der Waals surface area (Å²) < 4.78 is 0. The van der Waals surface area contributed by atoms with Gasteiger partial charge < -0.3 is 10.2 Å². The van der Waals surface area contributed by atoms with Gasteiger partial charge in [-0.3, -0.25) is 9.59 Å². The first-order valence-corrected chi connectivity index (χ1v) is 9.31. The molecule has 0 bridgehead atoms. The van der Waals surface area contributed by atoms with Gasteiger partial charge in [-0.15, -0.1) is 0 Å². The maximum atomic E-state index is 12.6. The Balaban J connectivity index is 1.44. The lowest BCUT2D eigenvalue weighted by Gasteiger charge is -2.32. The summed E-state index contributed by atoms with van der Waals surface area (Å²) in [7, 11) is 0. The third-order valence-corrected chi connectivity index (χ3v) is 5.01. The van der Waals surface area contributed by atoms with Crippen molar-refractivity contribution in [3.8, 4) is 0 Å². The van der Waals surface area contributed by atoms with Crippen LogP contribution in [0.15, 0.2) is 54.6 Å². The molecule has 0 radical (unpaired) electrons. The number of nitrogens with zero attached hydrogens (tertiary/aromatic N) is 1. The van der Waals surface area contributed by atoms with E-state index in [0.717, 1.165) is 30.4 Å². The molecule has 1 aliphatic rings. The normalized spacial score (nSPS) is 14.9. The molecule has 3 rings (SSSR count). The largest absolute Gasteiger partial charge is 0.353 e. The molecule has 2 aromatic carbocycles. The number of hydrogen-bond donors (Lipinski definition) is 1. The molecule has 0 spiro atoms. The minimum absolute atomic E-state index is 0.0944. The van der Waals surface area contributed by atoms with E-state index in [9.17, 15) is 9.59 Å². The summed E-state index contributed by atoms with van der Waals surface area (Å²) >= 11 is 0. The molecule has 2 aromatic rings. The Kier molecular flexibility index (Phi) is 6.05. The van der Waals surface area contributed by atoms with E-state index in [1.165, 1.54) is 5.56 Å². The number of nitrogens with one attached hydrogen (secondary N) is 1. The topological polar surface area (TPSA) is 49.4 Å². The van der Waals surface area contributed by atoms with Crippen LogP contribution in [-0.4, -0.2) is 35.8 Å². The van der Waals surface area contributed by atoms with Crippen molar-refractivity contribution in [1.82, 2.24) is 10.2 Å². The third-order valence-electron chi connectivity index (χ3n) is 5.01. The molecule has 0 saturated carbocycles. The molecule has 136 valence electrons. The van der Waals surface area contributed by atoms with Gasteiger partial charge in [-0.2, -0.15) is 0 Å². The van der Waals surface area contributed by atoms with Crippen LogP contribution in [0.4, 0.5) is 0 Å². The van der Waals surface area contributed by atoms with Gasteiger partial charge in [0.2, 0.25) is 5.91 Å². The molecule has 1 aliphatic heterocycles. The fourth-order valence-corrected chi connectivity index (χ4v) is 3.41. The zero-order valence-electron chi connectivity index (χ0n) is 15.3. The van der Waals surface area contributed by atoms with Crippen LogP contribution in [-0.2, 0) is 11.2 Å². The van der Waals surface area contributed by atoms with Crippen molar-refractivity contribution in [3.05, 3.63) is 71.3 Å². The van der Waals surface area contributed by atoms with Crippen molar-refractivity contribution >= 4 is 11.8 Å². The van der Waals surface area contributed by atoms with E-state index in [0.29, 0.717) is 19.5 Å². The SMILES string of the molecule is Cc1ccccc1C(=O)N1CCC(NC(=O)CCc2ccccc2)CC1. The quantitative estimate of drug-likeness (QED) is 0.899. The van der Waals surface area contributed by atoms with Crippen molar-refractivity contribution < 1.29 is 9.59 Å². The number of likely N-dealkylation sites (tertiary alicyclic amines) is 1. The van der Waals surface area contributed by atoms with Crippen LogP contribution < -0.4 is 5.32 Å². The highest BCUT2D eigenvalue weighted by Crippen LogP contribution is 2.16. The zero-order chi connectivity index (χ0) is 18.4. The summed E-state index contributed by atoms with van der Waals surface area (Å²) in [5.74, 6) is 0.189. The summed E-state index contributed by atoms with van der Waals surface area (Å²) in [5.41, 5.74) is 2.97. The summed E-state index contributed by atoms with van der Waals surface area (Å²) in [4.78, 5) is 26.7. The van der Waals surface area contributed by atoms with Gasteiger partial charge in [-0.1, -0.05) is 48.5 Å². The summed E-state index contributed by atoms with van der Waals surface area (Å²) in [5, 5.41) is 3.12. The number of benzene rings is 2. The van der Waals surface area contributed by atoms with E-state index < -0.39 is 0 Å². The van der Waals surface area contributed by atoms with E-state index in [4.69, 9.17) is 0 Å². The molecular weight excluding hydrogens is 324 g/mol. The fraction of sp³-hybridized carbons (Fsp3) is 0.364. The molecule has 1 fully saturated rings. The molecule has 2 amide bonds. The molecular formula is C22H26N2O2. The number of amides is 2. The standard InChI is InChI=1S/C22H26N2O2/c1-17-7-5-6-10-20(17)22(26)24-15-13-19(14-16-24)23-21(25)12-11-18-8-3-2-4-9-18/h2-10,19H,11-16H2,1H3,(H,23,25). The molecule has 1 heterocycles. The van der Waals surface area contributed by atoms with Crippen LogP contribution in [0.2, 0.25) is 0 Å². The van der Waals surface area contributed by atoms with Crippen molar-refractivity contribution in [2.24, 2.45) is 0 Å². The van der Waals surface area contributed by atoms with E-state index >= 15 is 0 Å². The number of carbonyl (C=O) groups excluding carboxylic acids is 2. The Morgan fingerprint density at radius 1 is 1.00 bits per heavy atom. The number of rotatable bonds is 5. The Hall–Kier alpha value is -2.62. The highest BCUT2D eigenvalue weighted by atomic mass is 16.2. The van der Waals surface area contributed by atoms with Gasteiger partial charge in [0.25, 0.3) is 5.91 Å². The van der Waals surface area contributed by atoms with Crippen LogP contribution in [0.3, 0.4) is 0 Å². The van der Waals surface area contributed by atoms with Crippen molar-refractivity contribution in [3.63, 3.8) is 0 Å². The van der Waals surface area contributed by atoms with Crippen LogP contribution in [0, 0.1) is 6.92 Å². The fourth-order valence-electron chi connectivity index (χ4n) is 3.41. The molecule has 1 saturated heterocycles. The number of piperidine rings is 1. The Morgan fingerprint density at radius 2 is 1.65 bits per heavy atom. The molecule has 4 heteroatoms. The lowest BCUT2D eigenvalue weighted by atomic mass is 10.0. The maximum absolute atomic E-state index is 12.6. The molecule has 0 unspecified atom stereocenters. The molecule has 0 atom stereocenters. The van der Waals surface area contributed by atoms with Crippen molar-refractivity contribution in [1.29, 1.82) is 0 Å². The van der Waals surface area contributed by atoms with Gasteiger partial charge in [-0.25, -0.2) is 0 Å².